The van der Waals surface area contributed by atoms with E-state index in [1.165, 1.54) is 11.1 Å². The Labute approximate surface area is 132 Å². The van der Waals surface area contributed by atoms with Crippen LogP contribution in [0, 0.1) is 0 Å². The van der Waals surface area contributed by atoms with Gasteiger partial charge in [-0.1, -0.05) is 24.3 Å². The number of nitrogens with one attached hydrogen (secondary N) is 2. The summed E-state index contributed by atoms with van der Waals surface area (Å²) in [5.74, 6) is 1.80. The van der Waals surface area contributed by atoms with Crippen LogP contribution in [0.3, 0.4) is 0 Å². The van der Waals surface area contributed by atoms with E-state index < -0.39 is 0 Å². The average molecular weight is 300 g/mol. The molecule has 2 aromatic carbocycles. The van der Waals surface area contributed by atoms with E-state index in [1.807, 2.05) is 24.3 Å². The molecule has 0 saturated heterocycles. The van der Waals surface area contributed by atoms with Crippen LogP contribution in [-0.4, -0.2) is 27.3 Å². The van der Waals surface area contributed by atoms with Crippen molar-refractivity contribution in [2.24, 2.45) is 0 Å². The van der Waals surface area contributed by atoms with Gasteiger partial charge in [-0.15, -0.1) is 0 Å². The summed E-state index contributed by atoms with van der Waals surface area (Å²) < 4.78 is 10.4. The van der Waals surface area contributed by atoms with E-state index in [0.717, 1.165) is 37.7 Å². The zero-order chi connectivity index (χ0) is 15.6. The van der Waals surface area contributed by atoms with Crippen LogP contribution >= 0.6 is 0 Å². The first kappa shape index (κ1) is 16.3. The Kier molecular flexibility index (Phi) is 6.74. The van der Waals surface area contributed by atoms with Gasteiger partial charge < -0.3 is 20.1 Å². The van der Waals surface area contributed by atoms with Gasteiger partial charge in [0.1, 0.15) is 11.5 Å². The molecule has 0 heterocycles. The maximum absolute atomic E-state index is 5.22. The van der Waals surface area contributed by atoms with Crippen LogP contribution in [-0.2, 0) is 13.1 Å². The summed E-state index contributed by atoms with van der Waals surface area (Å²) in [4.78, 5) is 0. The van der Waals surface area contributed by atoms with Crippen LogP contribution in [0.1, 0.15) is 11.1 Å². The van der Waals surface area contributed by atoms with E-state index in [-0.39, 0.29) is 0 Å². The second-order valence-electron chi connectivity index (χ2n) is 5.06. The maximum atomic E-state index is 5.22. The van der Waals surface area contributed by atoms with Crippen molar-refractivity contribution in [3.05, 3.63) is 59.7 Å². The highest BCUT2D eigenvalue weighted by atomic mass is 16.5. The molecule has 22 heavy (non-hydrogen) atoms. The Morgan fingerprint density at radius 3 is 1.59 bits per heavy atom. The average Bonchev–Trinajstić information content (AvgIpc) is 2.58. The molecule has 0 aromatic heterocycles. The molecule has 4 heteroatoms. The largest absolute Gasteiger partial charge is 0.497 e. The number of hydrogen-bond donors (Lipinski definition) is 2. The maximum Gasteiger partial charge on any atom is 0.119 e. The van der Waals surface area contributed by atoms with E-state index >= 15 is 0 Å². The van der Waals surface area contributed by atoms with Crippen molar-refractivity contribution in [3.63, 3.8) is 0 Å². The quantitative estimate of drug-likeness (QED) is 0.699. The highest BCUT2D eigenvalue weighted by Crippen LogP contribution is 2.12. The zero-order valence-corrected chi connectivity index (χ0v) is 13.3. The Morgan fingerprint density at radius 2 is 1.18 bits per heavy atom. The van der Waals surface area contributed by atoms with Gasteiger partial charge in [-0.3, -0.25) is 0 Å². The number of rotatable bonds is 9. The van der Waals surface area contributed by atoms with Crippen molar-refractivity contribution in [3.8, 4) is 11.5 Å². The summed E-state index contributed by atoms with van der Waals surface area (Å²) in [5, 5.41) is 6.84. The lowest BCUT2D eigenvalue weighted by Gasteiger charge is -2.08. The van der Waals surface area contributed by atoms with Gasteiger partial charge in [-0.25, -0.2) is 0 Å². The minimum atomic E-state index is 0.845. The molecule has 0 fully saturated rings. The number of methoxy groups -OCH3 is 2. The van der Waals surface area contributed by atoms with Crippen LogP contribution < -0.4 is 20.1 Å². The van der Waals surface area contributed by atoms with Crippen molar-refractivity contribution in [1.82, 2.24) is 10.6 Å². The molecule has 0 spiro atoms. The fourth-order valence-corrected chi connectivity index (χ4v) is 2.21. The molecule has 0 saturated carbocycles. The molecular weight excluding hydrogens is 276 g/mol. The van der Waals surface area contributed by atoms with Crippen LogP contribution in [0.25, 0.3) is 0 Å². The minimum Gasteiger partial charge on any atom is -0.497 e. The normalized spacial score (nSPS) is 10.5. The third kappa shape index (κ3) is 5.39. The molecule has 0 aliphatic carbocycles. The van der Waals surface area contributed by atoms with Crippen LogP contribution in [0.5, 0.6) is 11.5 Å². The molecule has 0 unspecified atom stereocenters. The molecule has 2 N–H and O–H groups in total. The van der Waals surface area contributed by atoms with Crippen molar-refractivity contribution < 1.29 is 9.47 Å². The van der Waals surface area contributed by atoms with Gasteiger partial charge in [0.15, 0.2) is 0 Å². The van der Waals surface area contributed by atoms with Crippen molar-refractivity contribution >= 4 is 0 Å². The molecule has 118 valence electrons. The van der Waals surface area contributed by atoms with Gasteiger partial charge in [0.25, 0.3) is 0 Å². The molecule has 0 radical (unpaired) electrons. The van der Waals surface area contributed by atoms with Gasteiger partial charge in [-0.05, 0) is 35.4 Å². The van der Waals surface area contributed by atoms with E-state index in [1.54, 1.807) is 14.2 Å². The highest BCUT2D eigenvalue weighted by Gasteiger charge is 1.97. The number of benzene rings is 2. The second kappa shape index (κ2) is 9.07. The summed E-state index contributed by atoms with van der Waals surface area (Å²) in [5.41, 5.74) is 2.46. The van der Waals surface area contributed by atoms with E-state index in [9.17, 15) is 0 Å². The molecule has 0 amide bonds. The van der Waals surface area contributed by atoms with Gasteiger partial charge in [0, 0.05) is 26.2 Å². The summed E-state index contributed by atoms with van der Waals surface area (Å²) >= 11 is 0. The minimum absolute atomic E-state index is 0.845. The summed E-state index contributed by atoms with van der Waals surface area (Å²) in [6.45, 7) is 3.53. The Bertz CT molecular complexity index is 521. The fourth-order valence-electron chi connectivity index (χ4n) is 2.21. The zero-order valence-electron chi connectivity index (χ0n) is 13.3. The van der Waals surface area contributed by atoms with E-state index in [0.29, 0.717) is 0 Å². The first-order valence-electron chi connectivity index (χ1n) is 7.49. The van der Waals surface area contributed by atoms with Crippen LogP contribution in [0.4, 0.5) is 0 Å². The topological polar surface area (TPSA) is 42.5 Å². The van der Waals surface area contributed by atoms with Gasteiger partial charge in [0.2, 0.25) is 0 Å². The Hall–Kier alpha value is -2.04. The van der Waals surface area contributed by atoms with Gasteiger partial charge in [0.05, 0.1) is 14.2 Å². The van der Waals surface area contributed by atoms with Gasteiger partial charge in [-0.2, -0.15) is 0 Å². The predicted molar refractivity (Wildman–Crippen MR) is 89.4 cm³/mol. The Morgan fingerprint density at radius 1 is 0.727 bits per heavy atom. The van der Waals surface area contributed by atoms with E-state index in [2.05, 4.69) is 34.9 Å². The number of ether oxygens (including phenoxy) is 2. The SMILES string of the molecule is COc1cccc(CNCCNCc2cccc(OC)c2)c1. The summed E-state index contributed by atoms with van der Waals surface area (Å²) in [6, 6.07) is 16.2. The lowest BCUT2D eigenvalue weighted by Crippen LogP contribution is -2.26. The Balaban J connectivity index is 1.62. The lowest BCUT2D eigenvalue weighted by molar-refractivity contribution is 0.413. The molecule has 0 aliphatic rings. The lowest BCUT2D eigenvalue weighted by atomic mass is 10.2. The molecule has 2 aromatic rings. The summed E-state index contributed by atoms with van der Waals surface area (Å²) in [6.07, 6.45) is 0. The smallest absolute Gasteiger partial charge is 0.119 e. The van der Waals surface area contributed by atoms with Crippen molar-refractivity contribution in [2.75, 3.05) is 27.3 Å². The molecule has 0 atom stereocenters. The molecule has 4 nitrogen and oxygen atoms in total. The standard InChI is InChI=1S/C18H24N2O2/c1-21-17-7-3-5-15(11-17)13-19-9-10-20-14-16-6-4-8-18(12-16)22-2/h3-8,11-12,19-20H,9-10,13-14H2,1-2H3. The van der Waals surface area contributed by atoms with Crippen LogP contribution in [0.2, 0.25) is 0 Å². The molecule has 0 aliphatic heterocycles. The van der Waals surface area contributed by atoms with Crippen molar-refractivity contribution in [2.45, 2.75) is 13.1 Å². The number of hydrogen-bond acceptors (Lipinski definition) is 4. The van der Waals surface area contributed by atoms with Gasteiger partial charge >= 0.3 is 0 Å². The first-order chi connectivity index (χ1) is 10.8. The van der Waals surface area contributed by atoms with Crippen molar-refractivity contribution in [1.29, 1.82) is 0 Å². The third-order valence-electron chi connectivity index (χ3n) is 3.41. The molecular formula is C18H24N2O2. The second-order valence-corrected chi connectivity index (χ2v) is 5.06. The predicted octanol–water partition coefficient (Wildman–Crippen LogP) is 2.58. The molecule has 2 rings (SSSR count). The van der Waals surface area contributed by atoms with Crippen LogP contribution in [0.15, 0.2) is 48.5 Å². The monoisotopic (exact) mass is 300 g/mol. The molecule has 0 bridgehead atoms. The third-order valence-corrected chi connectivity index (χ3v) is 3.41. The fraction of sp³-hybridized carbons (Fsp3) is 0.333. The van der Waals surface area contributed by atoms with E-state index in [4.69, 9.17) is 9.47 Å². The highest BCUT2D eigenvalue weighted by molar-refractivity contribution is 5.29. The first-order valence-corrected chi connectivity index (χ1v) is 7.49. The summed E-state index contributed by atoms with van der Waals surface area (Å²) in [7, 11) is 3.38.